The van der Waals surface area contributed by atoms with Gasteiger partial charge in [-0.3, -0.25) is 19.2 Å². The van der Waals surface area contributed by atoms with Crippen LogP contribution in [0.25, 0.3) is 0 Å². The number of aryl methyl sites for hydroxylation is 1. The number of nitrogens with zero attached hydrogens (tertiary/aromatic N) is 2. The van der Waals surface area contributed by atoms with Crippen LogP contribution in [0.4, 0.5) is 11.4 Å². The molecule has 0 N–H and O–H groups in total. The van der Waals surface area contributed by atoms with Crippen molar-refractivity contribution in [2.75, 3.05) is 16.3 Å². The molecule has 0 aromatic heterocycles. The normalized spacial score (nSPS) is 27.6. The number of esters is 1. The number of imide groups is 1. The Balaban J connectivity index is 1.29. The molecule has 1 aliphatic carbocycles. The van der Waals surface area contributed by atoms with E-state index in [2.05, 4.69) is 31.9 Å². The van der Waals surface area contributed by atoms with Gasteiger partial charge in [-0.05, 0) is 55.7 Å². The number of alkyl halides is 2. The number of hydrogen-bond donors (Lipinski definition) is 0. The van der Waals surface area contributed by atoms with Gasteiger partial charge in [-0.1, -0.05) is 61.1 Å². The first-order chi connectivity index (χ1) is 17.6. The number of benzene rings is 2. The Morgan fingerprint density at radius 3 is 2.24 bits per heavy atom. The number of carbonyl (C=O) groups excluding carboxylic acids is 4. The SMILES string of the molecule is Cc1cc(OC(=O)[C@@H]2CC(=O)N(c3cccc(Cl)c3Cl)C2)ccc1N1C(=O)[C@@H]2C[C@@H](Br)[C@@H](Br)C[C@H]2C1=O. The van der Waals surface area contributed by atoms with Crippen LogP contribution in [-0.4, -0.2) is 39.9 Å². The van der Waals surface area contributed by atoms with E-state index in [0.717, 1.165) is 0 Å². The van der Waals surface area contributed by atoms with Crippen LogP contribution >= 0.6 is 55.1 Å². The summed E-state index contributed by atoms with van der Waals surface area (Å²) >= 11 is 19.5. The Bertz CT molecular complexity index is 1290. The highest BCUT2D eigenvalue weighted by Gasteiger charge is 2.52. The molecule has 5 rings (SSSR count). The lowest BCUT2D eigenvalue weighted by Gasteiger charge is -2.29. The smallest absolute Gasteiger partial charge is 0.316 e. The summed E-state index contributed by atoms with van der Waals surface area (Å²) in [5.41, 5.74) is 1.57. The molecule has 1 saturated carbocycles. The van der Waals surface area contributed by atoms with Gasteiger partial charge >= 0.3 is 5.97 Å². The summed E-state index contributed by atoms with van der Waals surface area (Å²) in [4.78, 5) is 54.7. The van der Waals surface area contributed by atoms with E-state index in [1.165, 1.54) is 9.80 Å². The molecule has 0 radical (unpaired) electrons. The number of hydrogen-bond acceptors (Lipinski definition) is 5. The number of halogens is 4. The van der Waals surface area contributed by atoms with E-state index in [4.69, 9.17) is 27.9 Å². The number of carbonyl (C=O) groups is 4. The van der Waals surface area contributed by atoms with Crippen molar-refractivity contribution < 1.29 is 23.9 Å². The molecule has 11 heteroatoms. The van der Waals surface area contributed by atoms with Crippen LogP contribution in [0.1, 0.15) is 24.8 Å². The summed E-state index contributed by atoms with van der Waals surface area (Å²) in [6.07, 6.45) is 1.17. The molecule has 0 bridgehead atoms. The molecule has 5 atom stereocenters. The molecular formula is C26H22Br2Cl2N2O5. The van der Waals surface area contributed by atoms with E-state index in [0.29, 0.717) is 34.8 Å². The summed E-state index contributed by atoms with van der Waals surface area (Å²) in [6.45, 7) is 1.88. The summed E-state index contributed by atoms with van der Waals surface area (Å²) in [5.74, 6) is -2.30. The third kappa shape index (κ3) is 4.84. The van der Waals surface area contributed by atoms with Crippen molar-refractivity contribution in [3.8, 4) is 5.75 Å². The lowest BCUT2D eigenvalue weighted by Crippen LogP contribution is -2.34. The van der Waals surface area contributed by atoms with Crippen molar-refractivity contribution in [3.05, 3.63) is 52.0 Å². The van der Waals surface area contributed by atoms with Gasteiger partial charge in [0.05, 0.1) is 39.2 Å². The second kappa shape index (κ2) is 10.3. The monoisotopic (exact) mass is 670 g/mol. The predicted molar refractivity (Wildman–Crippen MR) is 148 cm³/mol. The van der Waals surface area contributed by atoms with Crippen LogP contribution in [0.15, 0.2) is 36.4 Å². The first kappa shape index (κ1) is 26.7. The lowest BCUT2D eigenvalue weighted by atomic mass is 9.81. The molecule has 0 spiro atoms. The highest BCUT2D eigenvalue weighted by atomic mass is 79.9. The van der Waals surface area contributed by atoms with Gasteiger partial charge in [-0.15, -0.1) is 0 Å². The zero-order valence-electron chi connectivity index (χ0n) is 19.6. The molecule has 2 aliphatic heterocycles. The van der Waals surface area contributed by atoms with Crippen LogP contribution in [0.5, 0.6) is 5.75 Å². The molecule has 2 heterocycles. The van der Waals surface area contributed by atoms with Crippen molar-refractivity contribution >= 4 is 90.1 Å². The summed E-state index contributed by atoms with van der Waals surface area (Å²) in [5, 5.41) is 0.573. The molecule has 3 amide bonds. The van der Waals surface area contributed by atoms with Crippen LogP contribution in [-0.2, 0) is 19.2 Å². The molecule has 2 saturated heterocycles. The molecule has 2 aromatic carbocycles. The zero-order valence-corrected chi connectivity index (χ0v) is 24.3. The van der Waals surface area contributed by atoms with Crippen LogP contribution in [0, 0.1) is 24.7 Å². The Labute approximate surface area is 240 Å². The third-order valence-corrected chi connectivity index (χ3v) is 10.8. The molecule has 3 aliphatic rings. The highest BCUT2D eigenvalue weighted by Crippen LogP contribution is 2.45. The standard InChI is InChI=1S/C26H22Br2Cl2N2O5/c1-12-7-14(5-6-20(12)32-24(34)15-9-17(27)18(28)10-16(15)25(32)35)37-26(36)13-8-22(33)31(11-13)21-4-2-3-19(29)23(21)30/h2-7,13,15-18H,8-11H2,1H3/t13-,15-,16-,17-,18+/m1/s1. The average molecular weight is 673 g/mol. The van der Waals surface area contributed by atoms with Crippen molar-refractivity contribution in [3.63, 3.8) is 0 Å². The number of fused-ring (bicyclic) bond motifs is 1. The maximum Gasteiger partial charge on any atom is 0.316 e. The zero-order chi connectivity index (χ0) is 26.6. The minimum Gasteiger partial charge on any atom is -0.426 e. The van der Waals surface area contributed by atoms with Gasteiger partial charge in [-0.2, -0.15) is 0 Å². The van der Waals surface area contributed by atoms with Gasteiger partial charge in [0.15, 0.2) is 0 Å². The molecule has 2 aromatic rings. The first-order valence-corrected chi connectivity index (χ1v) is 14.4. The number of anilines is 2. The molecular weight excluding hydrogens is 651 g/mol. The minimum atomic E-state index is -0.679. The largest absolute Gasteiger partial charge is 0.426 e. The second-order valence-corrected chi connectivity index (χ2v) is 12.7. The quantitative estimate of drug-likeness (QED) is 0.181. The summed E-state index contributed by atoms with van der Waals surface area (Å²) in [6, 6.07) is 9.80. The molecule has 0 unspecified atom stereocenters. The Kier molecular flexibility index (Phi) is 7.44. The Hall–Kier alpha value is -1.94. The van der Waals surface area contributed by atoms with Gasteiger partial charge in [0.2, 0.25) is 17.7 Å². The molecule has 37 heavy (non-hydrogen) atoms. The van der Waals surface area contributed by atoms with Crippen molar-refractivity contribution in [1.82, 2.24) is 0 Å². The minimum absolute atomic E-state index is 0.0125. The third-order valence-electron chi connectivity index (χ3n) is 7.22. The van der Waals surface area contributed by atoms with E-state index in [1.54, 1.807) is 43.3 Å². The van der Waals surface area contributed by atoms with Gasteiger partial charge in [0.25, 0.3) is 0 Å². The van der Waals surface area contributed by atoms with E-state index < -0.39 is 11.9 Å². The summed E-state index contributed by atoms with van der Waals surface area (Å²) in [7, 11) is 0. The topological polar surface area (TPSA) is 84.0 Å². The highest BCUT2D eigenvalue weighted by molar-refractivity contribution is 9.12. The van der Waals surface area contributed by atoms with Crippen LogP contribution < -0.4 is 14.5 Å². The van der Waals surface area contributed by atoms with Gasteiger partial charge in [0, 0.05) is 22.6 Å². The molecule has 7 nitrogen and oxygen atoms in total. The number of ether oxygens (including phenoxy) is 1. The van der Waals surface area contributed by atoms with E-state index in [9.17, 15) is 19.2 Å². The number of amides is 3. The van der Waals surface area contributed by atoms with Crippen molar-refractivity contribution in [2.45, 2.75) is 35.8 Å². The Morgan fingerprint density at radius 2 is 1.62 bits per heavy atom. The van der Waals surface area contributed by atoms with Crippen molar-refractivity contribution in [2.24, 2.45) is 17.8 Å². The maximum absolute atomic E-state index is 13.1. The summed E-state index contributed by atoms with van der Waals surface area (Å²) < 4.78 is 5.58. The van der Waals surface area contributed by atoms with Crippen molar-refractivity contribution in [1.29, 1.82) is 0 Å². The van der Waals surface area contributed by atoms with Gasteiger partial charge in [0.1, 0.15) is 5.75 Å². The van der Waals surface area contributed by atoms with Gasteiger partial charge in [-0.25, -0.2) is 4.90 Å². The van der Waals surface area contributed by atoms with Gasteiger partial charge < -0.3 is 9.64 Å². The predicted octanol–water partition coefficient (Wildman–Crippen LogP) is 5.69. The van der Waals surface area contributed by atoms with Crippen LogP contribution in [0.2, 0.25) is 10.0 Å². The van der Waals surface area contributed by atoms with Crippen LogP contribution in [0.3, 0.4) is 0 Å². The van der Waals surface area contributed by atoms with E-state index in [1.807, 2.05) is 0 Å². The van der Waals surface area contributed by atoms with E-state index in [-0.39, 0.29) is 62.9 Å². The maximum atomic E-state index is 13.1. The van der Waals surface area contributed by atoms with E-state index >= 15 is 0 Å². The molecule has 194 valence electrons. The fraction of sp³-hybridized carbons (Fsp3) is 0.385. The average Bonchev–Trinajstić information content (AvgIpc) is 3.34. The fourth-order valence-electron chi connectivity index (χ4n) is 5.27. The Morgan fingerprint density at radius 1 is 0.973 bits per heavy atom. The fourth-order valence-corrected chi connectivity index (χ4v) is 6.91. The second-order valence-electron chi connectivity index (χ2n) is 9.58. The molecule has 3 fully saturated rings. The lowest BCUT2D eigenvalue weighted by molar-refractivity contribution is -0.139. The first-order valence-electron chi connectivity index (χ1n) is 11.8. The number of rotatable bonds is 4.